The molecule has 1 fully saturated rings. The summed E-state index contributed by atoms with van der Waals surface area (Å²) in [6.45, 7) is 5.05. The third-order valence-electron chi connectivity index (χ3n) is 4.73. The number of nitrogens with zero attached hydrogens (tertiary/aromatic N) is 4. The van der Waals surface area contributed by atoms with Crippen LogP contribution in [0.4, 0.5) is 11.6 Å². The Balaban J connectivity index is 1.57. The summed E-state index contributed by atoms with van der Waals surface area (Å²) >= 11 is 0. The normalized spacial score (nSPS) is 15.9. The number of carbonyl (C=O) groups excluding carboxylic acids is 1. The summed E-state index contributed by atoms with van der Waals surface area (Å²) in [5, 5.41) is 2.95. The largest absolute Gasteiger partial charge is 0.493 e. The lowest BCUT2D eigenvalue weighted by Crippen LogP contribution is -2.53. The van der Waals surface area contributed by atoms with Crippen molar-refractivity contribution in [2.45, 2.75) is 13.0 Å². The third-order valence-corrected chi connectivity index (χ3v) is 4.73. The van der Waals surface area contributed by atoms with Gasteiger partial charge in [-0.2, -0.15) is 0 Å². The molecule has 1 aromatic carbocycles. The highest BCUT2D eigenvalue weighted by Crippen LogP contribution is 2.29. The predicted octanol–water partition coefficient (Wildman–Crippen LogP) is 1.64. The average molecular weight is 371 g/mol. The number of rotatable bonds is 6. The molecule has 2 heterocycles. The number of ether oxygens (including phenoxy) is 2. The number of amides is 1. The Hall–Kier alpha value is -2.87. The van der Waals surface area contributed by atoms with E-state index in [2.05, 4.69) is 25.1 Å². The second kappa shape index (κ2) is 8.68. The molecule has 1 aliphatic heterocycles. The van der Waals surface area contributed by atoms with E-state index in [4.69, 9.17) is 9.47 Å². The van der Waals surface area contributed by atoms with Crippen molar-refractivity contribution in [3.63, 3.8) is 0 Å². The molecule has 1 amide bonds. The smallest absolute Gasteiger partial charge is 0.241 e. The molecule has 3 rings (SSSR count). The van der Waals surface area contributed by atoms with Crippen molar-refractivity contribution in [1.82, 2.24) is 14.9 Å². The number of carbonyl (C=O) groups is 1. The Labute approximate surface area is 159 Å². The van der Waals surface area contributed by atoms with E-state index in [-0.39, 0.29) is 11.9 Å². The summed E-state index contributed by atoms with van der Waals surface area (Å²) in [7, 11) is 3.15. The summed E-state index contributed by atoms with van der Waals surface area (Å²) in [6, 6.07) is 6.90. The zero-order valence-electron chi connectivity index (χ0n) is 15.9. The molecule has 8 heteroatoms. The first-order chi connectivity index (χ1) is 13.1. The number of methoxy groups -OCH3 is 2. The fourth-order valence-electron chi connectivity index (χ4n) is 3.09. The number of hydrogen-bond acceptors (Lipinski definition) is 7. The van der Waals surface area contributed by atoms with Gasteiger partial charge in [-0.3, -0.25) is 9.69 Å². The van der Waals surface area contributed by atoms with Crippen LogP contribution in [-0.2, 0) is 4.79 Å². The van der Waals surface area contributed by atoms with Crippen LogP contribution >= 0.6 is 0 Å². The van der Waals surface area contributed by atoms with E-state index in [1.54, 1.807) is 50.9 Å². The second-order valence-corrected chi connectivity index (χ2v) is 6.31. The number of aromatic nitrogens is 2. The van der Waals surface area contributed by atoms with Crippen molar-refractivity contribution in [2.75, 3.05) is 50.6 Å². The zero-order chi connectivity index (χ0) is 19.2. The summed E-state index contributed by atoms with van der Waals surface area (Å²) in [6.07, 6.45) is 3.49. The van der Waals surface area contributed by atoms with Gasteiger partial charge in [0.2, 0.25) is 11.9 Å². The molecule has 0 spiro atoms. The number of anilines is 2. The first-order valence-corrected chi connectivity index (χ1v) is 8.91. The minimum atomic E-state index is -0.239. The molecule has 0 radical (unpaired) electrons. The summed E-state index contributed by atoms with van der Waals surface area (Å²) < 4.78 is 10.5. The Morgan fingerprint density at radius 3 is 2.37 bits per heavy atom. The van der Waals surface area contributed by atoms with Crippen molar-refractivity contribution in [1.29, 1.82) is 0 Å². The van der Waals surface area contributed by atoms with Gasteiger partial charge in [-0.05, 0) is 25.1 Å². The van der Waals surface area contributed by atoms with Crippen LogP contribution in [0.2, 0.25) is 0 Å². The maximum atomic E-state index is 12.7. The third kappa shape index (κ3) is 4.46. The maximum absolute atomic E-state index is 12.7. The molecule has 1 aliphatic rings. The fraction of sp³-hybridized carbons (Fsp3) is 0.421. The first-order valence-electron chi connectivity index (χ1n) is 8.91. The Bertz CT molecular complexity index is 763. The van der Waals surface area contributed by atoms with E-state index in [0.29, 0.717) is 17.2 Å². The molecule has 0 aliphatic carbocycles. The SMILES string of the molecule is COc1ccc(NC(=O)C(C)N2CCN(c3ncccn3)CC2)cc1OC. The van der Waals surface area contributed by atoms with Crippen molar-refractivity contribution in [2.24, 2.45) is 0 Å². The van der Waals surface area contributed by atoms with Crippen LogP contribution in [0.5, 0.6) is 11.5 Å². The Kier molecular flexibility index (Phi) is 6.08. The molecule has 1 saturated heterocycles. The predicted molar refractivity (Wildman–Crippen MR) is 103 cm³/mol. The topological polar surface area (TPSA) is 79.8 Å². The second-order valence-electron chi connectivity index (χ2n) is 6.31. The first kappa shape index (κ1) is 18.9. The lowest BCUT2D eigenvalue weighted by Gasteiger charge is -2.37. The summed E-state index contributed by atoms with van der Waals surface area (Å²) in [4.78, 5) is 25.5. The van der Waals surface area contributed by atoms with Gasteiger partial charge in [0.1, 0.15) is 0 Å². The van der Waals surface area contributed by atoms with Crippen molar-refractivity contribution in [3.05, 3.63) is 36.7 Å². The molecule has 0 bridgehead atoms. The van der Waals surface area contributed by atoms with Crippen LogP contribution < -0.4 is 19.7 Å². The molecule has 144 valence electrons. The lowest BCUT2D eigenvalue weighted by molar-refractivity contribution is -0.120. The fourth-order valence-corrected chi connectivity index (χ4v) is 3.09. The van der Waals surface area contributed by atoms with Crippen LogP contribution in [0.25, 0.3) is 0 Å². The average Bonchev–Trinajstić information content (AvgIpc) is 2.73. The number of nitrogens with one attached hydrogen (secondary N) is 1. The van der Waals surface area contributed by atoms with Gasteiger partial charge in [0, 0.05) is 50.3 Å². The standard InChI is InChI=1S/C19H25N5O3/c1-14(18(25)22-15-5-6-16(26-2)17(13-15)27-3)23-9-11-24(12-10-23)19-20-7-4-8-21-19/h4-8,13-14H,9-12H2,1-3H3,(H,22,25). The number of piperazine rings is 1. The zero-order valence-corrected chi connectivity index (χ0v) is 15.9. The van der Waals surface area contributed by atoms with Gasteiger partial charge in [0.25, 0.3) is 0 Å². The molecule has 1 N–H and O–H groups in total. The molecule has 1 aromatic heterocycles. The van der Waals surface area contributed by atoms with Gasteiger partial charge in [-0.25, -0.2) is 9.97 Å². The highest BCUT2D eigenvalue weighted by Gasteiger charge is 2.26. The van der Waals surface area contributed by atoms with Crippen LogP contribution in [0, 0.1) is 0 Å². The van der Waals surface area contributed by atoms with E-state index >= 15 is 0 Å². The highest BCUT2D eigenvalue weighted by atomic mass is 16.5. The molecule has 27 heavy (non-hydrogen) atoms. The highest BCUT2D eigenvalue weighted by molar-refractivity contribution is 5.94. The molecule has 0 saturated carbocycles. The van der Waals surface area contributed by atoms with E-state index in [9.17, 15) is 4.79 Å². The van der Waals surface area contributed by atoms with Crippen LogP contribution in [0.15, 0.2) is 36.7 Å². The maximum Gasteiger partial charge on any atom is 0.241 e. The van der Waals surface area contributed by atoms with Crippen molar-refractivity contribution < 1.29 is 14.3 Å². The molecular formula is C19H25N5O3. The van der Waals surface area contributed by atoms with Gasteiger partial charge < -0.3 is 19.7 Å². The molecular weight excluding hydrogens is 346 g/mol. The van der Waals surface area contributed by atoms with Crippen LogP contribution in [0.1, 0.15) is 6.92 Å². The molecule has 1 unspecified atom stereocenters. The van der Waals surface area contributed by atoms with Crippen LogP contribution in [-0.4, -0.2) is 67.2 Å². The van der Waals surface area contributed by atoms with E-state index in [0.717, 1.165) is 32.1 Å². The van der Waals surface area contributed by atoms with Gasteiger partial charge in [0.05, 0.1) is 20.3 Å². The number of hydrogen-bond donors (Lipinski definition) is 1. The molecule has 8 nitrogen and oxygen atoms in total. The van der Waals surface area contributed by atoms with Crippen molar-refractivity contribution in [3.8, 4) is 11.5 Å². The van der Waals surface area contributed by atoms with Gasteiger partial charge in [-0.15, -0.1) is 0 Å². The van der Waals surface area contributed by atoms with Gasteiger partial charge in [-0.1, -0.05) is 0 Å². The molecule has 1 atom stereocenters. The van der Waals surface area contributed by atoms with E-state index in [1.165, 1.54) is 0 Å². The van der Waals surface area contributed by atoms with E-state index < -0.39 is 0 Å². The quantitative estimate of drug-likeness (QED) is 0.827. The Morgan fingerprint density at radius 2 is 1.74 bits per heavy atom. The summed E-state index contributed by atoms with van der Waals surface area (Å²) in [5.74, 6) is 1.90. The minimum Gasteiger partial charge on any atom is -0.493 e. The number of benzene rings is 1. The van der Waals surface area contributed by atoms with Gasteiger partial charge in [0.15, 0.2) is 11.5 Å². The molecule has 2 aromatic rings. The monoisotopic (exact) mass is 371 g/mol. The summed E-state index contributed by atoms with van der Waals surface area (Å²) in [5.41, 5.74) is 0.681. The Morgan fingerprint density at radius 1 is 1.07 bits per heavy atom. The lowest BCUT2D eigenvalue weighted by atomic mass is 10.2. The van der Waals surface area contributed by atoms with Crippen LogP contribution in [0.3, 0.4) is 0 Å². The minimum absolute atomic E-state index is 0.0494. The van der Waals surface area contributed by atoms with E-state index in [1.807, 2.05) is 6.92 Å². The van der Waals surface area contributed by atoms with Gasteiger partial charge >= 0.3 is 0 Å². The van der Waals surface area contributed by atoms with Crippen molar-refractivity contribution >= 4 is 17.5 Å².